The van der Waals surface area contributed by atoms with Crippen molar-refractivity contribution >= 4 is 40.9 Å². The number of fused-ring (bicyclic) bond motifs is 8. The molecule has 24 heteroatoms. The molecular weight excluding hydrogens is 1120 g/mol. The second-order valence-electron chi connectivity index (χ2n) is 21.4. The van der Waals surface area contributed by atoms with Crippen molar-refractivity contribution in [1.82, 2.24) is 20.9 Å². The van der Waals surface area contributed by atoms with E-state index in [2.05, 4.69) is 32.7 Å². The van der Waals surface area contributed by atoms with Crippen molar-refractivity contribution in [3.8, 4) is 29.1 Å². The van der Waals surface area contributed by atoms with Crippen molar-refractivity contribution in [3.63, 3.8) is 0 Å². The number of hydrogen-bond acceptors (Lipinski definition) is 20. The largest absolute Gasteiger partial charge is 0.507 e. The Kier molecular flexibility index (Phi) is 20.1. The van der Waals surface area contributed by atoms with Crippen LogP contribution in [0.3, 0.4) is 0 Å². The van der Waals surface area contributed by atoms with E-state index in [4.69, 9.17) is 47.4 Å². The number of hydrogen-bond donors (Lipinski definition) is 6. The monoisotopic (exact) mass is 1190 g/mol. The third kappa shape index (κ3) is 13.4. The standard InChI is InChI=1S/C62H71N5O19/c1-36-58-43(66-21-24-83-60(78-3)59(66)86-58)31-49(84-36)85-45-33-62(76,32-41-51(45)57(74)53-52(55(41)72)54(71)40-12-8-14-44(77-2)50(40)56(53)73)61(75)65-34-47(69)64-20-23-80-26-28-82-30-29-81-27-25-79-22-18-46(68)63-19-17-48(70)67-35-39-11-5-4-9-37(39)15-16-38-10-6-7-13-42(38)67/h4-14,36,43,45,49,58-60,72,74,76H,17-35H2,1-3H3,(H,63,68)(H,64,69)(H,65,75)/t36-,43-,45-,49-,58+,59+,60-,62-/m0/s1. The number of nitrogens with zero attached hydrogens (tertiary/aromatic N) is 2. The molecule has 8 atom stereocenters. The van der Waals surface area contributed by atoms with E-state index in [9.17, 15) is 44.1 Å². The molecule has 4 amide bonds. The number of para-hydroxylation sites is 1. The number of amides is 4. The molecule has 0 unspecified atom stereocenters. The van der Waals surface area contributed by atoms with Crippen LogP contribution in [0.1, 0.15) is 98.4 Å². The number of aliphatic hydroxyl groups is 1. The molecule has 2 aliphatic carbocycles. The minimum atomic E-state index is -2.39. The zero-order chi connectivity index (χ0) is 60.5. The maximum absolute atomic E-state index is 14.2. The van der Waals surface area contributed by atoms with Gasteiger partial charge >= 0.3 is 0 Å². The molecule has 6 aliphatic rings. The Labute approximate surface area is 496 Å². The minimum Gasteiger partial charge on any atom is -0.507 e. The van der Waals surface area contributed by atoms with Gasteiger partial charge in [0.15, 0.2) is 24.6 Å². The number of rotatable bonds is 25. The molecule has 24 nitrogen and oxygen atoms in total. The van der Waals surface area contributed by atoms with Crippen LogP contribution in [0.15, 0.2) is 66.7 Å². The summed E-state index contributed by atoms with van der Waals surface area (Å²) in [4.78, 5) is 85.1. The number of nitrogens with one attached hydrogen (secondary N) is 3. The van der Waals surface area contributed by atoms with Crippen LogP contribution in [-0.4, -0.2) is 198 Å². The summed E-state index contributed by atoms with van der Waals surface area (Å²) in [6.07, 6.45) is -5.24. The highest BCUT2D eigenvalue weighted by atomic mass is 16.7. The summed E-state index contributed by atoms with van der Waals surface area (Å²) in [6.45, 7) is 4.70. The Morgan fingerprint density at radius 2 is 1.43 bits per heavy atom. The Hall–Kier alpha value is -7.38. The number of morpholine rings is 1. The smallest absolute Gasteiger partial charge is 0.252 e. The molecule has 4 aromatic carbocycles. The van der Waals surface area contributed by atoms with E-state index in [1.807, 2.05) is 55.5 Å². The molecule has 0 radical (unpaired) electrons. The van der Waals surface area contributed by atoms with Crippen LogP contribution in [0.5, 0.6) is 17.2 Å². The third-order valence-electron chi connectivity index (χ3n) is 16.0. The first-order valence-electron chi connectivity index (χ1n) is 28.8. The van der Waals surface area contributed by atoms with Crippen LogP contribution < -0.4 is 25.6 Å². The van der Waals surface area contributed by atoms with Gasteiger partial charge in [-0.2, -0.15) is 0 Å². The van der Waals surface area contributed by atoms with E-state index in [0.717, 1.165) is 22.4 Å². The fraction of sp³-hybridized carbons (Fsp3) is 0.484. The number of ether oxygens (including phenoxy) is 10. The number of aromatic hydroxyl groups is 2. The van der Waals surface area contributed by atoms with Crippen molar-refractivity contribution < 1.29 is 91.5 Å². The molecule has 3 fully saturated rings. The predicted octanol–water partition coefficient (Wildman–Crippen LogP) is 2.29. The average molecular weight is 1190 g/mol. The van der Waals surface area contributed by atoms with Crippen molar-refractivity contribution in [3.05, 3.63) is 117 Å². The van der Waals surface area contributed by atoms with Gasteiger partial charge in [-0.3, -0.25) is 33.7 Å². The first kappa shape index (κ1) is 61.7. The SMILES string of the molecule is COc1cccc2c1C(=O)c1c(O)c3c(c(O)c1C2=O)C[C@@](O)(C(=O)NCC(=O)NCCOCCOCCOCCOCCC(=O)NCCC(=O)N1Cc2ccccc2C#Cc2ccccc21)C[C@@H]3O[C@H]1C[C@H]2[C@H](O[C@@H]3[C@@H](OC)OCCN32)[C@H](C)O1. The molecule has 0 aromatic heterocycles. The van der Waals surface area contributed by atoms with Crippen LogP contribution in [0, 0.1) is 11.8 Å². The van der Waals surface area contributed by atoms with E-state index in [1.165, 1.54) is 32.4 Å². The summed E-state index contributed by atoms with van der Waals surface area (Å²) in [7, 11) is 2.86. The van der Waals surface area contributed by atoms with Gasteiger partial charge in [-0.15, -0.1) is 0 Å². The lowest BCUT2D eigenvalue weighted by atomic mass is 9.72. The molecule has 4 aromatic rings. The van der Waals surface area contributed by atoms with Crippen molar-refractivity contribution in [2.24, 2.45) is 0 Å². The van der Waals surface area contributed by atoms with Gasteiger partial charge in [0.05, 0.1) is 114 Å². The molecule has 6 N–H and O–H groups in total. The summed E-state index contributed by atoms with van der Waals surface area (Å²) >= 11 is 0. The molecular formula is C62H71N5O19. The molecule has 0 spiro atoms. The minimum absolute atomic E-state index is 0.0778. The maximum Gasteiger partial charge on any atom is 0.252 e. The molecule has 0 saturated carbocycles. The molecule has 3 saturated heterocycles. The van der Waals surface area contributed by atoms with Crippen LogP contribution in [-0.2, 0) is 74.8 Å². The van der Waals surface area contributed by atoms with Crippen LogP contribution in [0.25, 0.3) is 0 Å². The molecule has 10 rings (SSSR count). The number of methoxy groups -OCH3 is 2. The van der Waals surface area contributed by atoms with E-state index >= 15 is 0 Å². The molecule has 4 aliphatic heterocycles. The normalized spacial score (nSPS) is 23.5. The van der Waals surface area contributed by atoms with Gasteiger partial charge in [0.2, 0.25) is 23.5 Å². The zero-order valence-electron chi connectivity index (χ0n) is 48.1. The second-order valence-corrected chi connectivity index (χ2v) is 21.4. The predicted molar refractivity (Wildman–Crippen MR) is 303 cm³/mol. The molecule has 0 bridgehead atoms. The third-order valence-corrected chi connectivity index (χ3v) is 16.0. The number of carbonyl (C=O) groups is 6. The Morgan fingerprint density at radius 3 is 2.19 bits per heavy atom. The topological polar surface area (TPSA) is 298 Å². The van der Waals surface area contributed by atoms with Gasteiger partial charge in [0, 0.05) is 92.7 Å². The van der Waals surface area contributed by atoms with E-state index in [0.29, 0.717) is 26.3 Å². The fourth-order valence-corrected chi connectivity index (χ4v) is 11.8. The van der Waals surface area contributed by atoms with Crippen molar-refractivity contribution in [1.29, 1.82) is 0 Å². The number of benzene rings is 4. The van der Waals surface area contributed by atoms with Gasteiger partial charge in [0.25, 0.3) is 5.91 Å². The zero-order valence-corrected chi connectivity index (χ0v) is 48.1. The molecule has 86 heavy (non-hydrogen) atoms. The Balaban J connectivity index is 0.627. The molecule has 458 valence electrons. The molecule has 4 heterocycles. The summed E-state index contributed by atoms with van der Waals surface area (Å²) in [5.41, 5.74) is -0.559. The fourth-order valence-electron chi connectivity index (χ4n) is 11.8. The number of ketones is 2. The van der Waals surface area contributed by atoms with E-state index in [1.54, 1.807) is 4.90 Å². The lowest BCUT2D eigenvalue weighted by Crippen LogP contribution is -2.55. The van der Waals surface area contributed by atoms with Gasteiger partial charge in [-0.05, 0) is 36.8 Å². The number of phenols is 2. The van der Waals surface area contributed by atoms with Crippen molar-refractivity contribution in [2.45, 2.75) is 94.3 Å². The highest BCUT2D eigenvalue weighted by molar-refractivity contribution is 6.31. The second kappa shape index (κ2) is 28.0. The highest BCUT2D eigenvalue weighted by Gasteiger charge is 2.55. The maximum atomic E-state index is 14.2. The van der Waals surface area contributed by atoms with E-state index < -0.39 is 108 Å². The van der Waals surface area contributed by atoms with Crippen LogP contribution in [0.2, 0.25) is 0 Å². The van der Waals surface area contributed by atoms with Gasteiger partial charge in [0.1, 0.15) is 29.0 Å². The summed E-state index contributed by atoms with van der Waals surface area (Å²) in [5, 5.41) is 44.3. The quantitative estimate of drug-likeness (QED) is 0.0278. The Bertz CT molecular complexity index is 3260. The van der Waals surface area contributed by atoms with Gasteiger partial charge < -0.3 is 83.5 Å². The van der Waals surface area contributed by atoms with Crippen molar-refractivity contribution in [2.75, 3.05) is 105 Å². The number of carbonyl (C=O) groups excluding carboxylic acids is 6. The van der Waals surface area contributed by atoms with Gasteiger partial charge in [-0.25, -0.2) is 0 Å². The van der Waals surface area contributed by atoms with Crippen LogP contribution in [0.4, 0.5) is 5.69 Å². The first-order valence-corrected chi connectivity index (χ1v) is 28.8. The summed E-state index contributed by atoms with van der Waals surface area (Å²) in [5.74, 6) is 1.53. The number of anilines is 1. The summed E-state index contributed by atoms with van der Waals surface area (Å²) < 4.78 is 58.2. The highest BCUT2D eigenvalue weighted by Crippen LogP contribution is 2.53. The Morgan fingerprint density at radius 1 is 0.744 bits per heavy atom. The van der Waals surface area contributed by atoms with Gasteiger partial charge in [-0.1, -0.05) is 54.3 Å². The lowest BCUT2D eigenvalue weighted by molar-refractivity contribution is -0.256. The average Bonchev–Trinajstić information content (AvgIpc) is 0.971. The lowest BCUT2D eigenvalue weighted by Gasteiger charge is -2.43. The van der Waals surface area contributed by atoms with Crippen LogP contribution >= 0.6 is 0 Å². The summed E-state index contributed by atoms with van der Waals surface area (Å²) in [6, 6.07) is 19.4. The van der Waals surface area contributed by atoms with E-state index in [-0.39, 0.29) is 124 Å². The first-order chi connectivity index (χ1) is 41.7. The number of phenolic OH excluding ortho intramolecular Hbond substituents is 2.